The number of aliphatic carboxylic acids is 1. The van der Waals surface area contributed by atoms with Crippen molar-refractivity contribution in [1.29, 1.82) is 0 Å². The number of carbonyl (C=O) groups is 1. The maximum Gasteiger partial charge on any atom is 0.329 e. The topological polar surface area (TPSA) is 46.5 Å². The first-order valence-corrected chi connectivity index (χ1v) is 6.11. The molecule has 0 radical (unpaired) electrons. The lowest BCUT2D eigenvalue weighted by Gasteiger charge is -2.10. The average molecular weight is 256 g/mol. The number of rotatable bonds is 5. The first-order chi connectivity index (χ1) is 9.16. The van der Waals surface area contributed by atoms with Gasteiger partial charge in [-0.1, -0.05) is 54.1 Å². The largest absolute Gasteiger partial charge is 0.480 e. The van der Waals surface area contributed by atoms with Crippen molar-refractivity contribution in [3.8, 4) is 11.1 Å². The highest BCUT2D eigenvalue weighted by Crippen LogP contribution is 2.24. The van der Waals surface area contributed by atoms with E-state index in [4.69, 9.17) is 9.84 Å². The zero-order valence-electron chi connectivity index (χ0n) is 10.8. The molecule has 3 nitrogen and oxygen atoms in total. The summed E-state index contributed by atoms with van der Waals surface area (Å²) < 4.78 is 5.17. The molecule has 0 aromatic heterocycles. The van der Waals surface area contributed by atoms with Crippen LogP contribution in [0.1, 0.15) is 11.1 Å². The van der Waals surface area contributed by atoms with Gasteiger partial charge in [-0.2, -0.15) is 0 Å². The van der Waals surface area contributed by atoms with Crippen molar-refractivity contribution in [2.24, 2.45) is 0 Å². The SMILES string of the molecule is Cc1ccc(-c2ccccc2COCC(=O)O)cc1. The second-order valence-corrected chi connectivity index (χ2v) is 4.41. The molecule has 3 heteroatoms. The number of carboxylic acid groups (broad SMARTS) is 1. The summed E-state index contributed by atoms with van der Waals surface area (Å²) in [6, 6.07) is 16.1. The van der Waals surface area contributed by atoms with Gasteiger partial charge < -0.3 is 9.84 Å². The fraction of sp³-hybridized carbons (Fsp3) is 0.188. The van der Waals surface area contributed by atoms with Gasteiger partial charge in [-0.3, -0.25) is 0 Å². The van der Waals surface area contributed by atoms with Gasteiger partial charge in [-0.25, -0.2) is 4.79 Å². The first kappa shape index (κ1) is 13.3. The molecule has 0 aliphatic rings. The summed E-state index contributed by atoms with van der Waals surface area (Å²) in [5.41, 5.74) is 4.39. The quantitative estimate of drug-likeness (QED) is 0.893. The number of hydrogen-bond donors (Lipinski definition) is 1. The predicted molar refractivity (Wildman–Crippen MR) is 73.9 cm³/mol. The summed E-state index contributed by atoms with van der Waals surface area (Å²) >= 11 is 0. The van der Waals surface area contributed by atoms with Crippen molar-refractivity contribution in [1.82, 2.24) is 0 Å². The van der Waals surface area contributed by atoms with Gasteiger partial charge in [0, 0.05) is 0 Å². The molecule has 0 unspecified atom stereocenters. The Balaban J connectivity index is 2.20. The summed E-state index contributed by atoms with van der Waals surface area (Å²) in [6.45, 7) is 2.07. The predicted octanol–water partition coefficient (Wildman–Crippen LogP) is 3.26. The molecule has 0 atom stereocenters. The van der Waals surface area contributed by atoms with E-state index in [1.807, 2.05) is 31.2 Å². The lowest BCUT2D eigenvalue weighted by atomic mass is 9.99. The normalized spacial score (nSPS) is 10.4. The molecule has 19 heavy (non-hydrogen) atoms. The Morgan fingerprint density at radius 2 is 1.79 bits per heavy atom. The van der Waals surface area contributed by atoms with E-state index in [-0.39, 0.29) is 6.61 Å². The van der Waals surface area contributed by atoms with Crippen molar-refractivity contribution >= 4 is 5.97 Å². The minimum absolute atomic E-state index is 0.276. The lowest BCUT2D eigenvalue weighted by molar-refractivity contribution is -0.142. The molecule has 0 amide bonds. The van der Waals surface area contributed by atoms with E-state index in [1.165, 1.54) is 5.56 Å². The minimum atomic E-state index is -0.951. The Labute approximate surface area is 112 Å². The third-order valence-electron chi connectivity index (χ3n) is 2.86. The minimum Gasteiger partial charge on any atom is -0.480 e. The van der Waals surface area contributed by atoms with Gasteiger partial charge >= 0.3 is 5.97 Å². The molecule has 1 N–H and O–H groups in total. The maximum absolute atomic E-state index is 10.5. The Morgan fingerprint density at radius 1 is 1.11 bits per heavy atom. The van der Waals surface area contributed by atoms with Crippen LogP contribution in [0.3, 0.4) is 0 Å². The third kappa shape index (κ3) is 3.66. The number of aryl methyl sites for hydroxylation is 1. The molecule has 0 aliphatic carbocycles. The second kappa shape index (κ2) is 6.16. The van der Waals surface area contributed by atoms with Crippen molar-refractivity contribution in [3.63, 3.8) is 0 Å². The van der Waals surface area contributed by atoms with Gasteiger partial charge in [0.2, 0.25) is 0 Å². The molecule has 0 aliphatic heterocycles. The Kier molecular flexibility index (Phi) is 4.31. The maximum atomic E-state index is 10.5. The van der Waals surface area contributed by atoms with E-state index in [9.17, 15) is 4.79 Å². The van der Waals surface area contributed by atoms with Gasteiger partial charge in [0.05, 0.1) is 6.61 Å². The summed E-state index contributed by atoms with van der Waals surface area (Å²) in [5.74, 6) is -0.951. The van der Waals surface area contributed by atoms with Crippen LogP contribution in [0.25, 0.3) is 11.1 Å². The van der Waals surface area contributed by atoms with Crippen molar-refractivity contribution < 1.29 is 14.6 Å². The Hall–Kier alpha value is -2.13. The highest BCUT2D eigenvalue weighted by atomic mass is 16.5. The fourth-order valence-corrected chi connectivity index (χ4v) is 1.91. The van der Waals surface area contributed by atoms with Crippen LogP contribution < -0.4 is 0 Å². The van der Waals surface area contributed by atoms with Crippen molar-refractivity contribution in [3.05, 3.63) is 59.7 Å². The van der Waals surface area contributed by atoms with Crippen molar-refractivity contribution in [2.45, 2.75) is 13.5 Å². The summed E-state index contributed by atoms with van der Waals surface area (Å²) in [7, 11) is 0. The molecule has 98 valence electrons. The van der Waals surface area contributed by atoms with Gasteiger partial charge in [-0.05, 0) is 23.6 Å². The van der Waals surface area contributed by atoms with E-state index in [0.717, 1.165) is 16.7 Å². The van der Waals surface area contributed by atoms with Crippen LogP contribution in [0, 0.1) is 6.92 Å². The molecule has 0 spiro atoms. The van der Waals surface area contributed by atoms with Crippen LogP contribution in [0.4, 0.5) is 0 Å². The summed E-state index contributed by atoms with van der Waals surface area (Å²) in [4.78, 5) is 10.5. The zero-order chi connectivity index (χ0) is 13.7. The van der Waals surface area contributed by atoms with Crippen LogP contribution >= 0.6 is 0 Å². The van der Waals surface area contributed by atoms with Crippen LogP contribution in [-0.4, -0.2) is 17.7 Å². The van der Waals surface area contributed by atoms with Gasteiger partial charge in [0.1, 0.15) is 6.61 Å². The monoisotopic (exact) mass is 256 g/mol. The molecule has 2 aromatic carbocycles. The van der Waals surface area contributed by atoms with E-state index in [2.05, 4.69) is 24.3 Å². The van der Waals surface area contributed by atoms with E-state index in [0.29, 0.717) is 6.61 Å². The van der Waals surface area contributed by atoms with E-state index < -0.39 is 5.97 Å². The van der Waals surface area contributed by atoms with E-state index in [1.54, 1.807) is 0 Å². The van der Waals surface area contributed by atoms with Gasteiger partial charge in [0.15, 0.2) is 0 Å². The van der Waals surface area contributed by atoms with Crippen LogP contribution in [-0.2, 0) is 16.1 Å². The first-order valence-electron chi connectivity index (χ1n) is 6.11. The van der Waals surface area contributed by atoms with Gasteiger partial charge in [-0.15, -0.1) is 0 Å². The molecule has 0 fully saturated rings. The van der Waals surface area contributed by atoms with E-state index >= 15 is 0 Å². The molecule has 0 bridgehead atoms. The third-order valence-corrected chi connectivity index (χ3v) is 2.86. The fourth-order valence-electron chi connectivity index (χ4n) is 1.91. The summed E-state index contributed by atoms with van der Waals surface area (Å²) in [6.07, 6.45) is 0. The standard InChI is InChI=1S/C16H16O3/c1-12-6-8-13(9-7-12)15-5-3-2-4-14(15)10-19-11-16(17)18/h2-9H,10-11H2,1H3,(H,17,18). The second-order valence-electron chi connectivity index (χ2n) is 4.41. The number of hydrogen-bond acceptors (Lipinski definition) is 2. The van der Waals surface area contributed by atoms with Gasteiger partial charge in [0.25, 0.3) is 0 Å². The number of ether oxygens (including phenoxy) is 1. The highest BCUT2D eigenvalue weighted by molar-refractivity contribution is 5.69. The lowest BCUT2D eigenvalue weighted by Crippen LogP contribution is -2.07. The Bertz CT molecular complexity index is 558. The molecular weight excluding hydrogens is 240 g/mol. The number of carboxylic acids is 1. The van der Waals surface area contributed by atoms with Crippen LogP contribution in [0.15, 0.2) is 48.5 Å². The van der Waals surface area contributed by atoms with Crippen LogP contribution in [0.5, 0.6) is 0 Å². The average Bonchev–Trinajstić information content (AvgIpc) is 2.40. The van der Waals surface area contributed by atoms with Crippen molar-refractivity contribution in [2.75, 3.05) is 6.61 Å². The molecule has 2 rings (SSSR count). The zero-order valence-corrected chi connectivity index (χ0v) is 10.8. The smallest absolute Gasteiger partial charge is 0.329 e. The number of benzene rings is 2. The molecule has 2 aromatic rings. The highest BCUT2D eigenvalue weighted by Gasteiger charge is 2.05. The molecule has 0 saturated heterocycles. The summed E-state index contributed by atoms with van der Waals surface area (Å²) in [5, 5.41) is 8.58. The van der Waals surface area contributed by atoms with Crippen LogP contribution in [0.2, 0.25) is 0 Å². The molecular formula is C16H16O3. The molecule has 0 heterocycles. The Morgan fingerprint density at radius 3 is 2.47 bits per heavy atom. The molecule has 0 saturated carbocycles.